The minimum atomic E-state index is -3.35. The number of hydrogen-bond donors (Lipinski definition) is 1. The SMILES string of the molecule is Cc1ccc(C)c(S(=O)(=O)N2CCCNCC2)c1. The van der Waals surface area contributed by atoms with Crippen LogP contribution in [0.5, 0.6) is 0 Å². The minimum absolute atomic E-state index is 0.449. The van der Waals surface area contributed by atoms with Gasteiger partial charge >= 0.3 is 0 Å². The average Bonchev–Trinajstić information content (AvgIpc) is 2.61. The van der Waals surface area contributed by atoms with Crippen molar-refractivity contribution in [3.8, 4) is 0 Å². The summed E-state index contributed by atoms with van der Waals surface area (Å²) in [4.78, 5) is 0.449. The number of hydrogen-bond acceptors (Lipinski definition) is 3. The molecule has 0 saturated carbocycles. The Morgan fingerprint density at radius 1 is 1.17 bits per heavy atom. The van der Waals surface area contributed by atoms with Crippen LogP contribution in [0.4, 0.5) is 0 Å². The number of nitrogens with one attached hydrogen (secondary N) is 1. The zero-order chi connectivity index (χ0) is 13.2. The van der Waals surface area contributed by atoms with Gasteiger partial charge in [0, 0.05) is 19.6 Å². The van der Waals surface area contributed by atoms with Gasteiger partial charge in [0.15, 0.2) is 0 Å². The predicted molar refractivity (Wildman–Crippen MR) is 72.2 cm³/mol. The highest BCUT2D eigenvalue weighted by Crippen LogP contribution is 2.21. The molecule has 0 aliphatic carbocycles. The maximum atomic E-state index is 12.6. The summed E-state index contributed by atoms with van der Waals surface area (Å²) in [5.74, 6) is 0. The molecule has 1 N–H and O–H groups in total. The summed E-state index contributed by atoms with van der Waals surface area (Å²) in [7, 11) is -3.35. The van der Waals surface area contributed by atoms with E-state index in [0.29, 0.717) is 18.0 Å². The lowest BCUT2D eigenvalue weighted by Crippen LogP contribution is -2.34. The first kappa shape index (κ1) is 13.5. The number of rotatable bonds is 2. The highest BCUT2D eigenvalue weighted by atomic mass is 32.2. The molecular formula is C13H20N2O2S. The third-order valence-corrected chi connectivity index (χ3v) is 5.30. The predicted octanol–water partition coefficient (Wildman–Crippen LogP) is 1.29. The largest absolute Gasteiger partial charge is 0.315 e. The lowest BCUT2D eigenvalue weighted by molar-refractivity contribution is 0.431. The van der Waals surface area contributed by atoms with Crippen molar-refractivity contribution in [3.63, 3.8) is 0 Å². The first-order valence-corrected chi connectivity index (χ1v) is 7.74. The zero-order valence-corrected chi connectivity index (χ0v) is 11.8. The van der Waals surface area contributed by atoms with Gasteiger partial charge in [-0.15, -0.1) is 0 Å². The minimum Gasteiger partial charge on any atom is -0.315 e. The molecule has 100 valence electrons. The zero-order valence-electron chi connectivity index (χ0n) is 10.9. The first-order chi connectivity index (χ1) is 8.51. The molecule has 0 bridgehead atoms. The molecule has 1 aromatic rings. The van der Waals surface area contributed by atoms with Crippen molar-refractivity contribution < 1.29 is 8.42 Å². The van der Waals surface area contributed by atoms with Crippen LogP contribution in [0.3, 0.4) is 0 Å². The average molecular weight is 268 g/mol. The molecule has 1 aromatic carbocycles. The number of benzene rings is 1. The Morgan fingerprint density at radius 2 is 1.94 bits per heavy atom. The summed E-state index contributed by atoms with van der Waals surface area (Å²) in [6.07, 6.45) is 0.865. The van der Waals surface area contributed by atoms with E-state index in [4.69, 9.17) is 0 Å². The van der Waals surface area contributed by atoms with Gasteiger partial charge in [0.05, 0.1) is 4.90 Å². The molecule has 1 fully saturated rings. The molecule has 1 aliphatic heterocycles. The van der Waals surface area contributed by atoms with Crippen molar-refractivity contribution in [2.45, 2.75) is 25.2 Å². The molecule has 0 aromatic heterocycles. The van der Waals surface area contributed by atoms with Gasteiger partial charge in [0.1, 0.15) is 0 Å². The molecule has 1 heterocycles. The number of nitrogens with zero attached hydrogens (tertiary/aromatic N) is 1. The van der Waals surface area contributed by atoms with Crippen molar-refractivity contribution in [1.82, 2.24) is 9.62 Å². The quantitative estimate of drug-likeness (QED) is 0.879. The molecule has 0 radical (unpaired) electrons. The van der Waals surface area contributed by atoms with Gasteiger partial charge in [-0.05, 0) is 44.0 Å². The van der Waals surface area contributed by atoms with Crippen LogP contribution in [0.25, 0.3) is 0 Å². The maximum absolute atomic E-state index is 12.6. The highest BCUT2D eigenvalue weighted by molar-refractivity contribution is 7.89. The summed E-state index contributed by atoms with van der Waals surface area (Å²) in [5.41, 5.74) is 1.80. The topological polar surface area (TPSA) is 49.4 Å². The molecular weight excluding hydrogens is 248 g/mol. The molecule has 1 aliphatic rings. The van der Waals surface area contributed by atoms with E-state index >= 15 is 0 Å². The lowest BCUT2D eigenvalue weighted by atomic mass is 10.2. The van der Waals surface area contributed by atoms with E-state index in [9.17, 15) is 8.42 Å². The maximum Gasteiger partial charge on any atom is 0.243 e. The standard InChI is InChI=1S/C13H20N2O2S/c1-11-4-5-12(2)13(10-11)18(16,17)15-8-3-6-14-7-9-15/h4-5,10,14H,3,6-9H2,1-2H3. The fraction of sp³-hybridized carbons (Fsp3) is 0.538. The summed E-state index contributed by atoms with van der Waals surface area (Å²) >= 11 is 0. The molecule has 4 nitrogen and oxygen atoms in total. The third kappa shape index (κ3) is 2.74. The van der Waals surface area contributed by atoms with Crippen LogP contribution in [-0.4, -0.2) is 38.9 Å². The molecule has 2 rings (SSSR count). The molecule has 0 spiro atoms. The van der Waals surface area contributed by atoms with Crippen LogP contribution in [0.15, 0.2) is 23.1 Å². The Kier molecular flexibility index (Phi) is 4.04. The van der Waals surface area contributed by atoms with Gasteiger partial charge in [-0.1, -0.05) is 12.1 Å². The summed E-state index contributed by atoms with van der Waals surface area (Å²) < 4.78 is 26.8. The van der Waals surface area contributed by atoms with Gasteiger partial charge in [-0.3, -0.25) is 0 Å². The molecule has 0 amide bonds. The van der Waals surface area contributed by atoms with Crippen LogP contribution >= 0.6 is 0 Å². The monoisotopic (exact) mass is 268 g/mol. The molecule has 5 heteroatoms. The van der Waals surface area contributed by atoms with Gasteiger partial charge in [0.25, 0.3) is 0 Å². The number of sulfonamides is 1. The third-order valence-electron chi connectivity index (χ3n) is 3.26. The van der Waals surface area contributed by atoms with Crippen molar-refractivity contribution in [1.29, 1.82) is 0 Å². The van der Waals surface area contributed by atoms with Crippen LogP contribution in [0.1, 0.15) is 17.5 Å². The highest BCUT2D eigenvalue weighted by Gasteiger charge is 2.26. The van der Waals surface area contributed by atoms with E-state index in [-0.39, 0.29) is 0 Å². The molecule has 18 heavy (non-hydrogen) atoms. The molecule has 0 atom stereocenters. The van der Waals surface area contributed by atoms with Crippen molar-refractivity contribution in [2.75, 3.05) is 26.2 Å². The van der Waals surface area contributed by atoms with Crippen LogP contribution in [-0.2, 0) is 10.0 Å². The summed E-state index contributed by atoms with van der Waals surface area (Å²) in [6.45, 7) is 6.53. The van der Waals surface area contributed by atoms with E-state index in [1.807, 2.05) is 26.0 Å². The van der Waals surface area contributed by atoms with E-state index in [2.05, 4.69) is 5.32 Å². The van der Waals surface area contributed by atoms with Crippen LogP contribution < -0.4 is 5.32 Å². The Bertz CT molecular complexity index is 518. The van der Waals surface area contributed by atoms with Gasteiger partial charge < -0.3 is 5.32 Å². The lowest BCUT2D eigenvalue weighted by Gasteiger charge is -2.21. The Labute approximate surface area is 109 Å². The normalized spacial score (nSPS) is 18.6. The molecule has 1 saturated heterocycles. The van der Waals surface area contributed by atoms with Gasteiger partial charge in [0.2, 0.25) is 10.0 Å². The van der Waals surface area contributed by atoms with Crippen molar-refractivity contribution in [2.24, 2.45) is 0 Å². The fourth-order valence-electron chi connectivity index (χ4n) is 2.19. The second kappa shape index (κ2) is 5.38. The summed E-state index contributed by atoms with van der Waals surface area (Å²) in [6, 6.07) is 5.58. The van der Waals surface area contributed by atoms with Crippen LogP contribution in [0.2, 0.25) is 0 Å². The fourth-order valence-corrected chi connectivity index (χ4v) is 3.97. The van der Waals surface area contributed by atoms with Gasteiger partial charge in [-0.25, -0.2) is 8.42 Å². The smallest absolute Gasteiger partial charge is 0.243 e. The first-order valence-electron chi connectivity index (χ1n) is 6.30. The Balaban J connectivity index is 2.37. The van der Waals surface area contributed by atoms with Crippen molar-refractivity contribution in [3.05, 3.63) is 29.3 Å². The van der Waals surface area contributed by atoms with Gasteiger partial charge in [-0.2, -0.15) is 4.31 Å². The Hall–Kier alpha value is -0.910. The van der Waals surface area contributed by atoms with E-state index in [1.165, 1.54) is 0 Å². The van der Waals surface area contributed by atoms with Crippen molar-refractivity contribution >= 4 is 10.0 Å². The molecule has 0 unspecified atom stereocenters. The second-order valence-corrected chi connectivity index (χ2v) is 6.68. The van der Waals surface area contributed by atoms with E-state index in [1.54, 1.807) is 10.4 Å². The van der Waals surface area contributed by atoms with Crippen LogP contribution in [0, 0.1) is 13.8 Å². The second-order valence-electron chi connectivity index (χ2n) is 4.78. The summed E-state index contributed by atoms with van der Waals surface area (Å²) in [5, 5.41) is 3.22. The van der Waals surface area contributed by atoms with E-state index in [0.717, 1.165) is 30.6 Å². The Morgan fingerprint density at radius 3 is 2.72 bits per heavy atom. The van der Waals surface area contributed by atoms with E-state index < -0.39 is 10.0 Å². The number of aryl methyl sites for hydroxylation is 2.